The van der Waals surface area contributed by atoms with Crippen LogP contribution in [-0.2, 0) is 10.3 Å². The van der Waals surface area contributed by atoms with E-state index in [4.69, 9.17) is 5.73 Å². The summed E-state index contributed by atoms with van der Waals surface area (Å²) in [6.45, 7) is 0.831. The lowest BCUT2D eigenvalue weighted by Gasteiger charge is -2.29. The minimum Gasteiger partial charge on any atom is -0.434 e. The molecule has 0 spiro atoms. The van der Waals surface area contributed by atoms with E-state index in [-0.39, 0.29) is 5.75 Å². The summed E-state index contributed by atoms with van der Waals surface area (Å²) in [6.07, 6.45) is 0. The van der Waals surface area contributed by atoms with Crippen LogP contribution in [0.3, 0.4) is 0 Å². The molecule has 6 heteroatoms. The van der Waals surface area contributed by atoms with Crippen molar-refractivity contribution in [3.05, 3.63) is 29.8 Å². The van der Waals surface area contributed by atoms with Gasteiger partial charge in [-0.05, 0) is 19.5 Å². The number of para-hydroxylation sites is 1. The van der Waals surface area contributed by atoms with Gasteiger partial charge in [0.05, 0.1) is 0 Å². The van der Waals surface area contributed by atoms with Crippen molar-refractivity contribution in [2.24, 2.45) is 5.73 Å². The van der Waals surface area contributed by atoms with E-state index in [1.165, 1.54) is 19.1 Å². The van der Waals surface area contributed by atoms with Gasteiger partial charge in [0.2, 0.25) is 5.91 Å². The van der Waals surface area contributed by atoms with Gasteiger partial charge >= 0.3 is 6.61 Å². The lowest BCUT2D eigenvalue weighted by Crippen LogP contribution is -2.50. The summed E-state index contributed by atoms with van der Waals surface area (Å²) in [6, 6.07) is 6.09. The van der Waals surface area contributed by atoms with Gasteiger partial charge in [-0.1, -0.05) is 25.1 Å². The molecular formula is C12H16F2N2O2. The third-order valence-electron chi connectivity index (χ3n) is 2.66. The quantitative estimate of drug-likeness (QED) is 0.814. The molecule has 3 N–H and O–H groups in total. The first-order chi connectivity index (χ1) is 8.41. The molecule has 1 aromatic carbocycles. The van der Waals surface area contributed by atoms with Gasteiger partial charge in [-0.3, -0.25) is 4.79 Å². The van der Waals surface area contributed by atoms with E-state index < -0.39 is 18.1 Å². The number of hydrogen-bond acceptors (Lipinski definition) is 3. The monoisotopic (exact) mass is 258 g/mol. The van der Waals surface area contributed by atoms with E-state index in [1.807, 2.05) is 0 Å². The summed E-state index contributed by atoms with van der Waals surface area (Å²) in [7, 11) is 0. The first-order valence-corrected chi connectivity index (χ1v) is 5.51. The highest BCUT2D eigenvalue weighted by atomic mass is 19.3. The Labute approximate surface area is 104 Å². The number of nitrogens with one attached hydrogen (secondary N) is 1. The first kappa shape index (κ1) is 14.4. The van der Waals surface area contributed by atoms with Gasteiger partial charge in [0, 0.05) is 5.56 Å². The highest BCUT2D eigenvalue weighted by Gasteiger charge is 2.35. The highest BCUT2D eigenvalue weighted by molar-refractivity contribution is 5.86. The van der Waals surface area contributed by atoms with Gasteiger partial charge in [-0.2, -0.15) is 8.78 Å². The highest BCUT2D eigenvalue weighted by Crippen LogP contribution is 2.30. The molecule has 0 saturated heterocycles. The molecule has 1 atom stereocenters. The zero-order chi connectivity index (χ0) is 13.8. The molecule has 0 radical (unpaired) electrons. The number of alkyl halides is 2. The fourth-order valence-electron chi connectivity index (χ4n) is 1.75. The number of amides is 1. The van der Waals surface area contributed by atoms with Gasteiger partial charge in [0.1, 0.15) is 11.3 Å². The normalized spacial score (nSPS) is 14.3. The van der Waals surface area contributed by atoms with Crippen LogP contribution in [0.25, 0.3) is 0 Å². The molecule has 1 amide bonds. The van der Waals surface area contributed by atoms with Crippen molar-refractivity contribution >= 4 is 5.91 Å². The minimum atomic E-state index is -2.95. The van der Waals surface area contributed by atoms with Crippen molar-refractivity contribution < 1.29 is 18.3 Å². The number of nitrogens with two attached hydrogens (primary N) is 1. The molecule has 0 bridgehead atoms. The van der Waals surface area contributed by atoms with Crippen LogP contribution in [0.2, 0.25) is 0 Å². The zero-order valence-electron chi connectivity index (χ0n) is 10.2. The summed E-state index contributed by atoms with van der Waals surface area (Å²) in [4.78, 5) is 11.6. The second-order valence-corrected chi connectivity index (χ2v) is 3.89. The third kappa shape index (κ3) is 2.95. The van der Waals surface area contributed by atoms with Crippen molar-refractivity contribution in [1.29, 1.82) is 0 Å². The number of halogens is 2. The van der Waals surface area contributed by atoms with E-state index in [1.54, 1.807) is 19.1 Å². The van der Waals surface area contributed by atoms with Crippen molar-refractivity contribution in [1.82, 2.24) is 5.32 Å². The Kier molecular flexibility index (Phi) is 4.61. The van der Waals surface area contributed by atoms with Gasteiger partial charge < -0.3 is 15.8 Å². The molecule has 0 saturated carbocycles. The minimum absolute atomic E-state index is 0.0604. The second kappa shape index (κ2) is 5.77. The molecule has 1 aromatic rings. The van der Waals surface area contributed by atoms with Crippen LogP contribution < -0.4 is 15.8 Å². The SMILES string of the molecule is CCNC(C)(C(N)=O)c1ccccc1OC(F)F. The Morgan fingerprint density at radius 3 is 2.61 bits per heavy atom. The predicted octanol–water partition coefficient (Wildman–Crippen LogP) is 1.60. The number of primary amides is 1. The number of carbonyl (C=O) groups excluding carboxylic acids is 1. The second-order valence-electron chi connectivity index (χ2n) is 3.89. The fourth-order valence-corrected chi connectivity index (χ4v) is 1.75. The lowest BCUT2D eigenvalue weighted by atomic mass is 9.90. The van der Waals surface area contributed by atoms with Crippen molar-refractivity contribution in [3.63, 3.8) is 0 Å². The summed E-state index contributed by atoms with van der Waals surface area (Å²) in [5.74, 6) is -0.718. The molecule has 18 heavy (non-hydrogen) atoms. The topological polar surface area (TPSA) is 64.3 Å². The van der Waals surface area contributed by atoms with Crippen LogP contribution >= 0.6 is 0 Å². The molecular weight excluding hydrogens is 242 g/mol. The van der Waals surface area contributed by atoms with E-state index in [9.17, 15) is 13.6 Å². The maximum atomic E-state index is 12.3. The van der Waals surface area contributed by atoms with E-state index >= 15 is 0 Å². The summed E-state index contributed by atoms with van der Waals surface area (Å²) in [5, 5.41) is 2.89. The molecule has 1 rings (SSSR count). The zero-order valence-corrected chi connectivity index (χ0v) is 10.2. The van der Waals surface area contributed by atoms with E-state index in [0.717, 1.165) is 0 Å². The van der Waals surface area contributed by atoms with Gasteiger partial charge in [0.15, 0.2) is 0 Å². The maximum absolute atomic E-state index is 12.3. The Bertz CT molecular complexity index is 426. The Balaban J connectivity index is 3.23. The van der Waals surface area contributed by atoms with Crippen molar-refractivity contribution in [2.75, 3.05) is 6.54 Å². The van der Waals surface area contributed by atoms with Crippen LogP contribution in [0.4, 0.5) is 8.78 Å². The van der Waals surface area contributed by atoms with Crippen molar-refractivity contribution in [2.45, 2.75) is 26.0 Å². The van der Waals surface area contributed by atoms with Gasteiger partial charge in [-0.25, -0.2) is 0 Å². The molecule has 0 fully saturated rings. The average Bonchev–Trinajstić information content (AvgIpc) is 2.28. The number of benzene rings is 1. The third-order valence-corrected chi connectivity index (χ3v) is 2.66. The van der Waals surface area contributed by atoms with Crippen molar-refractivity contribution in [3.8, 4) is 5.75 Å². The number of ether oxygens (including phenoxy) is 1. The lowest BCUT2D eigenvalue weighted by molar-refractivity contribution is -0.124. The maximum Gasteiger partial charge on any atom is 0.387 e. The summed E-state index contributed by atoms with van der Waals surface area (Å²) in [5.41, 5.74) is 4.39. The molecule has 0 aliphatic rings. The largest absolute Gasteiger partial charge is 0.434 e. The number of likely N-dealkylation sites (N-methyl/N-ethyl adjacent to an activating group) is 1. The molecule has 1 unspecified atom stereocenters. The Hall–Kier alpha value is -1.69. The van der Waals surface area contributed by atoms with Gasteiger partial charge in [0.25, 0.3) is 0 Å². The van der Waals surface area contributed by atoms with Crippen LogP contribution in [0.5, 0.6) is 5.75 Å². The fraction of sp³-hybridized carbons (Fsp3) is 0.417. The molecule has 4 nitrogen and oxygen atoms in total. The Morgan fingerprint density at radius 2 is 2.11 bits per heavy atom. The Morgan fingerprint density at radius 1 is 1.50 bits per heavy atom. The smallest absolute Gasteiger partial charge is 0.387 e. The number of rotatable bonds is 6. The number of hydrogen-bond donors (Lipinski definition) is 2. The summed E-state index contributed by atoms with van der Waals surface area (Å²) < 4.78 is 29.0. The van der Waals surface area contributed by atoms with Crippen LogP contribution in [0, 0.1) is 0 Å². The summed E-state index contributed by atoms with van der Waals surface area (Å²) >= 11 is 0. The first-order valence-electron chi connectivity index (χ1n) is 5.51. The number of carbonyl (C=O) groups is 1. The molecule has 0 heterocycles. The van der Waals surface area contributed by atoms with E-state index in [2.05, 4.69) is 10.1 Å². The van der Waals surface area contributed by atoms with Crippen LogP contribution in [0.1, 0.15) is 19.4 Å². The molecule has 0 aromatic heterocycles. The standard InChI is InChI=1S/C12H16F2N2O2/c1-3-16-12(2,10(15)17)8-6-4-5-7-9(8)18-11(13)14/h4-7,11,16H,3H2,1-2H3,(H2,15,17). The van der Waals surface area contributed by atoms with Crippen LogP contribution in [0.15, 0.2) is 24.3 Å². The van der Waals surface area contributed by atoms with Gasteiger partial charge in [-0.15, -0.1) is 0 Å². The average molecular weight is 258 g/mol. The predicted molar refractivity (Wildman–Crippen MR) is 63.3 cm³/mol. The molecule has 0 aliphatic carbocycles. The molecule has 100 valence electrons. The van der Waals surface area contributed by atoms with Crippen LogP contribution in [-0.4, -0.2) is 19.1 Å². The van der Waals surface area contributed by atoms with E-state index in [0.29, 0.717) is 12.1 Å². The molecule has 0 aliphatic heterocycles.